The van der Waals surface area contributed by atoms with E-state index in [-0.39, 0.29) is 12.6 Å². The Labute approximate surface area is 110 Å². The zero-order valence-corrected chi connectivity index (χ0v) is 10.7. The van der Waals surface area contributed by atoms with Crippen LogP contribution in [0.25, 0.3) is 0 Å². The second-order valence-electron chi connectivity index (χ2n) is 4.16. The van der Waals surface area contributed by atoms with Crippen LogP contribution in [0.5, 0.6) is 0 Å². The van der Waals surface area contributed by atoms with Crippen molar-refractivity contribution in [2.45, 2.75) is 32.5 Å². The number of rotatable bonds is 5. The lowest BCUT2D eigenvalue weighted by Gasteiger charge is -2.10. The SMILES string of the molecule is CCCCNC(=O)NCc1cccc(C(F)(F)F)c1. The van der Waals surface area contributed by atoms with E-state index in [1.165, 1.54) is 6.07 Å². The van der Waals surface area contributed by atoms with Crippen LogP contribution in [-0.2, 0) is 12.7 Å². The van der Waals surface area contributed by atoms with Crippen LogP contribution >= 0.6 is 0 Å². The molecule has 0 fully saturated rings. The highest BCUT2D eigenvalue weighted by atomic mass is 19.4. The number of hydrogen-bond donors (Lipinski definition) is 2. The summed E-state index contributed by atoms with van der Waals surface area (Å²) in [6.45, 7) is 2.63. The van der Waals surface area contributed by atoms with Gasteiger partial charge in [0.25, 0.3) is 0 Å². The molecule has 0 saturated heterocycles. The standard InChI is InChI=1S/C13H17F3N2O/c1-2-3-7-17-12(19)18-9-10-5-4-6-11(8-10)13(14,15)16/h4-6,8H,2-3,7,9H2,1H3,(H2,17,18,19). The molecule has 0 atom stereocenters. The van der Waals surface area contributed by atoms with Crippen molar-refractivity contribution < 1.29 is 18.0 Å². The van der Waals surface area contributed by atoms with Gasteiger partial charge in [-0.1, -0.05) is 25.5 Å². The first kappa shape index (κ1) is 15.3. The summed E-state index contributed by atoms with van der Waals surface area (Å²) in [5.41, 5.74) is -0.293. The molecule has 1 rings (SSSR count). The number of nitrogens with one attached hydrogen (secondary N) is 2. The van der Waals surface area contributed by atoms with Crippen molar-refractivity contribution in [3.8, 4) is 0 Å². The molecule has 0 heterocycles. The number of carbonyl (C=O) groups is 1. The van der Waals surface area contributed by atoms with Gasteiger partial charge >= 0.3 is 12.2 Å². The Morgan fingerprint density at radius 1 is 1.26 bits per heavy atom. The van der Waals surface area contributed by atoms with E-state index in [4.69, 9.17) is 0 Å². The summed E-state index contributed by atoms with van der Waals surface area (Å²) in [4.78, 5) is 11.3. The molecule has 2 N–H and O–H groups in total. The van der Waals surface area contributed by atoms with E-state index in [1.54, 1.807) is 6.07 Å². The first-order chi connectivity index (χ1) is 8.93. The van der Waals surface area contributed by atoms with Crippen LogP contribution in [0.3, 0.4) is 0 Å². The van der Waals surface area contributed by atoms with Gasteiger partial charge < -0.3 is 10.6 Å². The second kappa shape index (κ2) is 7.01. The van der Waals surface area contributed by atoms with E-state index in [9.17, 15) is 18.0 Å². The van der Waals surface area contributed by atoms with Crippen LogP contribution < -0.4 is 10.6 Å². The minimum atomic E-state index is -4.36. The van der Waals surface area contributed by atoms with Crippen molar-refractivity contribution in [1.82, 2.24) is 10.6 Å². The van der Waals surface area contributed by atoms with E-state index in [0.717, 1.165) is 25.0 Å². The fourth-order valence-electron chi connectivity index (χ4n) is 1.48. The smallest absolute Gasteiger partial charge is 0.338 e. The minimum Gasteiger partial charge on any atom is -0.338 e. The van der Waals surface area contributed by atoms with Gasteiger partial charge in [0.1, 0.15) is 0 Å². The zero-order chi connectivity index (χ0) is 14.3. The Morgan fingerprint density at radius 2 is 2.00 bits per heavy atom. The maximum atomic E-state index is 12.5. The number of amides is 2. The van der Waals surface area contributed by atoms with E-state index >= 15 is 0 Å². The third kappa shape index (κ3) is 5.63. The average Bonchev–Trinajstić information content (AvgIpc) is 2.36. The number of unbranched alkanes of at least 4 members (excludes halogenated alkanes) is 1. The van der Waals surface area contributed by atoms with Gasteiger partial charge in [0, 0.05) is 13.1 Å². The monoisotopic (exact) mass is 274 g/mol. The lowest BCUT2D eigenvalue weighted by Crippen LogP contribution is -2.35. The molecule has 1 aromatic carbocycles. The molecule has 106 valence electrons. The van der Waals surface area contributed by atoms with Gasteiger partial charge in [-0.3, -0.25) is 0 Å². The Hall–Kier alpha value is -1.72. The van der Waals surface area contributed by atoms with Crippen molar-refractivity contribution in [1.29, 1.82) is 0 Å². The average molecular weight is 274 g/mol. The molecule has 0 aliphatic rings. The summed E-state index contributed by atoms with van der Waals surface area (Å²) in [6, 6.07) is 4.54. The van der Waals surface area contributed by atoms with E-state index in [0.29, 0.717) is 12.1 Å². The number of halogens is 3. The van der Waals surface area contributed by atoms with Gasteiger partial charge in [-0.2, -0.15) is 13.2 Å². The molecular weight excluding hydrogens is 257 g/mol. The Kier molecular flexibility index (Phi) is 5.66. The van der Waals surface area contributed by atoms with Crippen molar-refractivity contribution >= 4 is 6.03 Å². The first-order valence-electron chi connectivity index (χ1n) is 6.11. The quantitative estimate of drug-likeness (QED) is 0.795. The molecule has 1 aromatic rings. The lowest BCUT2D eigenvalue weighted by atomic mass is 10.1. The lowest BCUT2D eigenvalue weighted by molar-refractivity contribution is -0.137. The highest BCUT2D eigenvalue weighted by molar-refractivity contribution is 5.73. The van der Waals surface area contributed by atoms with Crippen LogP contribution in [0.1, 0.15) is 30.9 Å². The molecule has 19 heavy (non-hydrogen) atoms. The van der Waals surface area contributed by atoms with Gasteiger partial charge in [0.2, 0.25) is 0 Å². The Balaban J connectivity index is 2.47. The van der Waals surface area contributed by atoms with E-state index in [2.05, 4.69) is 10.6 Å². The number of benzene rings is 1. The van der Waals surface area contributed by atoms with E-state index < -0.39 is 11.7 Å². The minimum absolute atomic E-state index is 0.0713. The van der Waals surface area contributed by atoms with Crippen molar-refractivity contribution in [2.24, 2.45) is 0 Å². The Bertz CT molecular complexity index is 419. The fourth-order valence-corrected chi connectivity index (χ4v) is 1.48. The molecule has 0 radical (unpaired) electrons. The maximum absolute atomic E-state index is 12.5. The fraction of sp³-hybridized carbons (Fsp3) is 0.462. The molecule has 0 spiro atoms. The summed E-state index contributed by atoms with van der Waals surface area (Å²) in [7, 11) is 0. The number of urea groups is 1. The van der Waals surface area contributed by atoms with E-state index in [1.807, 2.05) is 6.92 Å². The summed E-state index contributed by atoms with van der Waals surface area (Å²) < 4.78 is 37.4. The molecule has 3 nitrogen and oxygen atoms in total. The zero-order valence-electron chi connectivity index (χ0n) is 10.7. The Morgan fingerprint density at radius 3 is 2.63 bits per heavy atom. The normalized spacial score (nSPS) is 11.2. The summed E-state index contributed by atoms with van der Waals surface area (Å²) in [5.74, 6) is 0. The van der Waals surface area contributed by atoms with Crippen LogP contribution in [0.2, 0.25) is 0 Å². The van der Waals surface area contributed by atoms with Crippen molar-refractivity contribution in [3.63, 3.8) is 0 Å². The molecule has 0 unspecified atom stereocenters. The second-order valence-corrected chi connectivity index (χ2v) is 4.16. The highest BCUT2D eigenvalue weighted by Gasteiger charge is 2.30. The van der Waals surface area contributed by atoms with Crippen LogP contribution in [0, 0.1) is 0 Å². The van der Waals surface area contributed by atoms with Gasteiger partial charge in [-0.15, -0.1) is 0 Å². The highest BCUT2D eigenvalue weighted by Crippen LogP contribution is 2.29. The van der Waals surface area contributed by atoms with Gasteiger partial charge in [-0.05, 0) is 24.1 Å². The summed E-state index contributed by atoms with van der Waals surface area (Å²) in [5, 5.41) is 5.15. The molecule has 6 heteroatoms. The van der Waals surface area contributed by atoms with Gasteiger partial charge in [-0.25, -0.2) is 4.79 Å². The van der Waals surface area contributed by atoms with Crippen molar-refractivity contribution in [2.75, 3.05) is 6.54 Å². The molecule has 0 bridgehead atoms. The largest absolute Gasteiger partial charge is 0.416 e. The molecule has 0 aromatic heterocycles. The van der Waals surface area contributed by atoms with Gasteiger partial charge in [0.15, 0.2) is 0 Å². The van der Waals surface area contributed by atoms with Gasteiger partial charge in [0.05, 0.1) is 5.56 Å². The topological polar surface area (TPSA) is 41.1 Å². The van der Waals surface area contributed by atoms with Crippen LogP contribution in [-0.4, -0.2) is 12.6 Å². The third-order valence-electron chi connectivity index (χ3n) is 2.52. The van der Waals surface area contributed by atoms with Crippen LogP contribution in [0.15, 0.2) is 24.3 Å². The molecular formula is C13H17F3N2O. The number of hydrogen-bond acceptors (Lipinski definition) is 1. The molecule has 2 amide bonds. The molecule has 0 saturated carbocycles. The molecule has 0 aliphatic carbocycles. The van der Waals surface area contributed by atoms with Crippen LogP contribution in [0.4, 0.5) is 18.0 Å². The summed E-state index contributed by atoms with van der Waals surface area (Å²) in [6.07, 6.45) is -2.52. The molecule has 0 aliphatic heterocycles. The predicted octanol–water partition coefficient (Wildman–Crippen LogP) is 3.30. The summed E-state index contributed by atoms with van der Waals surface area (Å²) >= 11 is 0. The third-order valence-corrected chi connectivity index (χ3v) is 2.52. The number of alkyl halides is 3. The van der Waals surface area contributed by atoms with Crippen molar-refractivity contribution in [3.05, 3.63) is 35.4 Å². The first-order valence-corrected chi connectivity index (χ1v) is 6.11. The maximum Gasteiger partial charge on any atom is 0.416 e. The number of carbonyl (C=O) groups excluding carboxylic acids is 1. The predicted molar refractivity (Wildman–Crippen MR) is 66.6 cm³/mol.